The number of rotatable bonds is 11. The summed E-state index contributed by atoms with van der Waals surface area (Å²) in [5.41, 5.74) is 1.13. The van der Waals surface area contributed by atoms with Crippen LogP contribution >= 0.6 is 0 Å². The number of hydrogen-bond acceptors (Lipinski definition) is 3. The lowest BCUT2D eigenvalue weighted by molar-refractivity contribution is 0.432. The number of hydrogen-bond donors (Lipinski definition) is 0. The van der Waals surface area contributed by atoms with E-state index in [-0.39, 0.29) is 4.90 Å². The van der Waals surface area contributed by atoms with Crippen LogP contribution in [0.15, 0.2) is 41.3 Å². The molecule has 2 rings (SSSR count). The van der Waals surface area contributed by atoms with Crippen LogP contribution in [0.4, 0.5) is 0 Å². The van der Waals surface area contributed by atoms with Gasteiger partial charge in [-0.25, -0.2) is 8.42 Å². The maximum atomic E-state index is 11.5. The molecular weight excluding hydrogens is 356 g/mol. The Morgan fingerprint density at radius 3 is 2.19 bits per heavy atom. The van der Waals surface area contributed by atoms with Crippen molar-refractivity contribution in [2.24, 2.45) is 5.92 Å². The summed E-state index contributed by atoms with van der Waals surface area (Å²) in [6.07, 6.45) is 10.1. The molecule has 0 radical (unpaired) electrons. The van der Waals surface area contributed by atoms with Crippen LogP contribution in [0.1, 0.15) is 83.6 Å². The fourth-order valence-corrected chi connectivity index (χ4v) is 4.62. The lowest BCUT2D eigenvalue weighted by Gasteiger charge is -2.19. The molecule has 4 heteroatoms. The van der Waals surface area contributed by atoms with Gasteiger partial charge in [0.1, 0.15) is 10.1 Å². The third-order valence-electron chi connectivity index (χ3n) is 5.60. The largest absolute Gasteiger partial charge is 0.744 e. The number of fused-ring (bicyclic) bond motifs is 1. The lowest BCUT2D eigenvalue weighted by Crippen LogP contribution is -2.03. The van der Waals surface area contributed by atoms with Crippen LogP contribution < -0.4 is 0 Å². The minimum absolute atomic E-state index is 0.116. The van der Waals surface area contributed by atoms with Crippen LogP contribution in [0.25, 0.3) is 10.8 Å². The summed E-state index contributed by atoms with van der Waals surface area (Å²) in [6, 6.07) is 10.6. The van der Waals surface area contributed by atoms with E-state index in [1.807, 2.05) is 18.2 Å². The summed E-state index contributed by atoms with van der Waals surface area (Å²) in [5.74, 6) is 1.10. The summed E-state index contributed by atoms with van der Waals surface area (Å²) in [4.78, 5) is -0.116. The van der Waals surface area contributed by atoms with Crippen LogP contribution in [0.3, 0.4) is 0 Å². The van der Waals surface area contributed by atoms with E-state index in [1.54, 1.807) is 12.1 Å². The van der Waals surface area contributed by atoms with E-state index < -0.39 is 10.1 Å². The first-order valence-corrected chi connectivity index (χ1v) is 11.7. The summed E-state index contributed by atoms with van der Waals surface area (Å²) >= 11 is 0. The maximum Gasteiger partial charge on any atom is 0.125 e. The Morgan fingerprint density at radius 2 is 1.52 bits per heavy atom. The third kappa shape index (κ3) is 6.32. The van der Waals surface area contributed by atoms with Gasteiger partial charge in [0.05, 0.1) is 4.90 Å². The normalized spacial score (nSPS) is 14.4. The average Bonchev–Trinajstić information content (AvgIpc) is 2.63. The van der Waals surface area contributed by atoms with Crippen molar-refractivity contribution >= 4 is 20.9 Å². The Labute approximate surface area is 164 Å². The molecule has 0 bridgehead atoms. The maximum absolute atomic E-state index is 11.5. The van der Waals surface area contributed by atoms with Crippen molar-refractivity contribution in [1.82, 2.24) is 0 Å². The smallest absolute Gasteiger partial charge is 0.125 e. The molecule has 2 aromatic rings. The van der Waals surface area contributed by atoms with Gasteiger partial charge in [-0.1, -0.05) is 96.0 Å². The Kier molecular flexibility index (Phi) is 8.30. The van der Waals surface area contributed by atoms with Crippen molar-refractivity contribution in [1.29, 1.82) is 0 Å². The molecule has 0 aromatic heterocycles. The van der Waals surface area contributed by atoms with Gasteiger partial charge in [-0.15, -0.1) is 0 Å². The van der Waals surface area contributed by atoms with Gasteiger partial charge in [-0.2, -0.15) is 0 Å². The quantitative estimate of drug-likeness (QED) is 0.320. The standard InChI is InChI=1S/C23H34O3S/c1-4-5-6-7-11-18(2)12-10-13-19(3)20-16-17-23(27(24,25)26)22-15-9-8-14-21(20)22/h8-9,14-19H,4-7,10-13H2,1-3H3,(H,24,25,26)/p-1. The second-order valence-corrected chi connectivity index (χ2v) is 9.29. The highest BCUT2D eigenvalue weighted by Gasteiger charge is 2.14. The molecule has 2 unspecified atom stereocenters. The van der Waals surface area contributed by atoms with Crippen molar-refractivity contribution < 1.29 is 13.0 Å². The van der Waals surface area contributed by atoms with E-state index in [1.165, 1.54) is 51.0 Å². The summed E-state index contributed by atoms with van der Waals surface area (Å²) in [6.45, 7) is 6.78. The van der Waals surface area contributed by atoms with Crippen LogP contribution in [-0.4, -0.2) is 13.0 Å². The molecule has 0 fully saturated rings. The first-order chi connectivity index (χ1) is 12.8. The molecule has 0 spiro atoms. The Hall–Kier alpha value is -1.39. The molecule has 0 amide bonds. The van der Waals surface area contributed by atoms with E-state index in [0.717, 1.165) is 23.3 Å². The first-order valence-electron chi connectivity index (χ1n) is 10.3. The van der Waals surface area contributed by atoms with E-state index in [4.69, 9.17) is 0 Å². The van der Waals surface area contributed by atoms with Gasteiger partial charge in [-0.3, -0.25) is 0 Å². The predicted octanol–water partition coefficient (Wildman–Crippen LogP) is 6.62. The van der Waals surface area contributed by atoms with E-state index >= 15 is 0 Å². The molecule has 150 valence electrons. The van der Waals surface area contributed by atoms with Crippen molar-refractivity contribution in [3.8, 4) is 0 Å². The van der Waals surface area contributed by atoms with Crippen molar-refractivity contribution in [3.63, 3.8) is 0 Å². The van der Waals surface area contributed by atoms with Gasteiger partial charge >= 0.3 is 0 Å². The Balaban J connectivity index is 2.01. The zero-order valence-corrected chi connectivity index (χ0v) is 17.7. The minimum Gasteiger partial charge on any atom is -0.744 e. The Bertz CT molecular complexity index is 827. The predicted molar refractivity (Wildman–Crippen MR) is 112 cm³/mol. The molecular formula is C23H33O3S-. The van der Waals surface area contributed by atoms with Gasteiger partial charge in [0.15, 0.2) is 0 Å². The van der Waals surface area contributed by atoms with E-state index in [2.05, 4.69) is 20.8 Å². The highest BCUT2D eigenvalue weighted by atomic mass is 32.2. The Morgan fingerprint density at radius 1 is 0.852 bits per heavy atom. The average molecular weight is 390 g/mol. The molecule has 2 atom stereocenters. The molecule has 2 aromatic carbocycles. The SMILES string of the molecule is CCCCCCC(C)CCCC(C)c1ccc(S(=O)(=O)[O-])c2ccccc12. The monoisotopic (exact) mass is 389 g/mol. The van der Waals surface area contributed by atoms with Crippen LogP contribution in [-0.2, 0) is 10.1 Å². The molecule has 0 N–H and O–H groups in total. The zero-order valence-electron chi connectivity index (χ0n) is 16.9. The van der Waals surface area contributed by atoms with Crippen LogP contribution in [0.5, 0.6) is 0 Å². The molecule has 0 aliphatic carbocycles. The number of unbranched alkanes of at least 4 members (excludes halogenated alkanes) is 3. The van der Waals surface area contributed by atoms with Gasteiger partial charge in [0.2, 0.25) is 0 Å². The zero-order chi connectivity index (χ0) is 19.9. The van der Waals surface area contributed by atoms with Crippen molar-refractivity contribution in [3.05, 3.63) is 42.0 Å². The molecule has 0 aliphatic rings. The van der Waals surface area contributed by atoms with Gasteiger partial charge in [-0.05, 0) is 40.7 Å². The molecule has 0 heterocycles. The molecule has 0 saturated carbocycles. The summed E-state index contributed by atoms with van der Waals surface area (Å²) in [7, 11) is -4.46. The van der Waals surface area contributed by atoms with E-state index in [9.17, 15) is 13.0 Å². The van der Waals surface area contributed by atoms with Gasteiger partial charge in [0.25, 0.3) is 0 Å². The van der Waals surface area contributed by atoms with Crippen molar-refractivity contribution in [2.45, 2.75) is 83.0 Å². The van der Waals surface area contributed by atoms with Gasteiger partial charge < -0.3 is 4.55 Å². The lowest BCUT2D eigenvalue weighted by atomic mass is 9.89. The molecule has 0 saturated heterocycles. The number of benzene rings is 2. The summed E-state index contributed by atoms with van der Waals surface area (Å²) in [5, 5.41) is 1.43. The second kappa shape index (κ2) is 10.2. The fraction of sp³-hybridized carbons (Fsp3) is 0.565. The third-order valence-corrected chi connectivity index (χ3v) is 6.50. The van der Waals surface area contributed by atoms with Crippen molar-refractivity contribution in [2.75, 3.05) is 0 Å². The summed E-state index contributed by atoms with van der Waals surface area (Å²) < 4.78 is 34.6. The fourth-order valence-electron chi connectivity index (χ4n) is 3.93. The topological polar surface area (TPSA) is 57.2 Å². The van der Waals surface area contributed by atoms with Crippen LogP contribution in [0, 0.1) is 5.92 Å². The minimum atomic E-state index is -4.46. The molecule has 27 heavy (non-hydrogen) atoms. The highest BCUT2D eigenvalue weighted by Crippen LogP contribution is 2.33. The second-order valence-electron chi connectivity index (χ2n) is 7.94. The van der Waals surface area contributed by atoms with E-state index in [0.29, 0.717) is 11.3 Å². The highest BCUT2D eigenvalue weighted by molar-refractivity contribution is 7.86. The molecule has 3 nitrogen and oxygen atoms in total. The molecule has 0 aliphatic heterocycles. The van der Waals surface area contributed by atoms with Gasteiger partial charge in [0, 0.05) is 0 Å². The van der Waals surface area contributed by atoms with Crippen LogP contribution in [0.2, 0.25) is 0 Å². The first kappa shape index (κ1) is 21.9.